The summed E-state index contributed by atoms with van der Waals surface area (Å²) in [6.45, 7) is 1.22. The van der Waals surface area contributed by atoms with Crippen molar-refractivity contribution in [3.05, 3.63) is 84.0 Å². The molecule has 2 aliphatic heterocycles. The van der Waals surface area contributed by atoms with E-state index in [4.69, 9.17) is 30.2 Å². The Labute approximate surface area is 340 Å². The minimum absolute atomic E-state index is 0.00280. The molecule has 324 valence electrons. The van der Waals surface area contributed by atoms with E-state index in [2.05, 4.69) is 31.0 Å². The number of nitrogens with two attached hydrogens (primary N) is 2. The third-order valence-corrected chi connectivity index (χ3v) is 12.1. The molecule has 9 N–H and O–H groups in total. The highest BCUT2D eigenvalue weighted by Gasteiger charge is 2.56. The second kappa shape index (κ2) is 18.7. The maximum absolute atomic E-state index is 14.1. The Hall–Kier alpha value is -4.97. The number of hydrogen-bond acceptors (Lipinski definition) is 18. The number of amides is 1. The molecule has 1 aromatic carbocycles. The monoisotopic (exact) mass is 879 g/mol. The molecule has 0 saturated carbocycles. The van der Waals surface area contributed by atoms with Gasteiger partial charge in [0, 0.05) is 19.2 Å². The molecular weight excluding hydrogens is 836 g/mol. The summed E-state index contributed by atoms with van der Waals surface area (Å²) in [4.78, 5) is 86.6. The van der Waals surface area contributed by atoms with Crippen molar-refractivity contribution in [1.29, 1.82) is 0 Å². The van der Waals surface area contributed by atoms with Crippen LogP contribution in [0.5, 0.6) is 0 Å². The van der Waals surface area contributed by atoms with E-state index in [-0.39, 0.29) is 41.7 Å². The van der Waals surface area contributed by atoms with E-state index >= 15 is 0 Å². The number of phosphoric ester groups is 1. The Morgan fingerprint density at radius 3 is 2.35 bits per heavy atom. The average Bonchev–Trinajstić information content (AvgIpc) is 3.87. The van der Waals surface area contributed by atoms with Crippen molar-refractivity contribution in [2.45, 2.75) is 67.9 Å². The molecule has 26 heteroatoms. The number of aliphatic hydroxyl groups is 2. The minimum Gasteiger partial charge on any atom is -0.455 e. The molecule has 0 radical (unpaired) electrons. The molecule has 4 aromatic rings. The molecular formula is C34H43N9O15P2. The van der Waals surface area contributed by atoms with E-state index in [0.717, 1.165) is 22.7 Å². The molecule has 2 fully saturated rings. The first-order valence-electron chi connectivity index (χ1n) is 18.2. The van der Waals surface area contributed by atoms with Crippen LogP contribution >= 0.6 is 15.4 Å². The van der Waals surface area contributed by atoms with Crippen LogP contribution in [-0.4, -0.2) is 133 Å². The van der Waals surface area contributed by atoms with E-state index in [1.165, 1.54) is 21.9 Å². The summed E-state index contributed by atoms with van der Waals surface area (Å²) in [5, 5.41) is 23.0. The van der Waals surface area contributed by atoms with Crippen molar-refractivity contribution in [2.75, 3.05) is 37.8 Å². The van der Waals surface area contributed by atoms with Gasteiger partial charge in [-0.3, -0.25) is 27.8 Å². The molecule has 9 atom stereocenters. The first-order valence-corrected chi connectivity index (χ1v) is 21.4. The number of hydrogen-bond donors (Lipinski definition) is 7. The van der Waals surface area contributed by atoms with Gasteiger partial charge in [-0.15, -0.1) is 6.58 Å². The van der Waals surface area contributed by atoms with Crippen molar-refractivity contribution in [3.8, 4) is 0 Å². The number of nitrogens with zero attached hydrogens (tertiary/aromatic N) is 7. The number of fused-ring (bicyclic) bond motifs is 1. The van der Waals surface area contributed by atoms with Crippen LogP contribution in [0.2, 0.25) is 0 Å². The highest BCUT2D eigenvalue weighted by molar-refractivity contribution is 7.53. The third kappa shape index (κ3) is 10.3. The lowest BCUT2D eigenvalue weighted by Gasteiger charge is -2.27. The molecule has 2 unspecified atom stereocenters. The average molecular weight is 880 g/mol. The Morgan fingerprint density at radius 1 is 0.950 bits per heavy atom. The topological polar surface area (TPSA) is 349 Å². The number of ether oxygens (including phenoxy) is 3. The predicted molar refractivity (Wildman–Crippen MR) is 206 cm³/mol. The highest BCUT2D eigenvalue weighted by Crippen LogP contribution is 2.56. The van der Waals surface area contributed by atoms with Gasteiger partial charge in [0.2, 0.25) is 5.91 Å². The molecule has 60 heavy (non-hydrogen) atoms. The number of aromatic nitrogens is 6. The zero-order valence-corrected chi connectivity index (χ0v) is 33.3. The maximum atomic E-state index is 14.1. The number of anilines is 2. The van der Waals surface area contributed by atoms with Gasteiger partial charge in [-0.2, -0.15) is 4.98 Å². The summed E-state index contributed by atoms with van der Waals surface area (Å²) in [7, 11) is -10.4. The van der Waals surface area contributed by atoms with Crippen molar-refractivity contribution >= 4 is 50.1 Å². The van der Waals surface area contributed by atoms with Gasteiger partial charge in [0.25, 0.3) is 0 Å². The van der Waals surface area contributed by atoms with E-state index in [1.54, 1.807) is 6.08 Å². The van der Waals surface area contributed by atoms with Gasteiger partial charge in [-0.05, 0) is 24.5 Å². The summed E-state index contributed by atoms with van der Waals surface area (Å²) in [5.74, 6) is -1.56. The Balaban J connectivity index is 1.26. The van der Waals surface area contributed by atoms with Gasteiger partial charge in [0.15, 0.2) is 30.0 Å². The zero-order chi connectivity index (χ0) is 43.4. The number of nitrogen functional groups attached to an aromatic ring is 2. The quantitative estimate of drug-likeness (QED) is 0.0372. The lowest BCUT2D eigenvalue weighted by atomic mass is 10.1. The number of rotatable bonds is 18. The Bertz CT molecular complexity index is 2330. The van der Waals surface area contributed by atoms with Crippen molar-refractivity contribution in [2.24, 2.45) is 0 Å². The zero-order valence-electron chi connectivity index (χ0n) is 31.5. The summed E-state index contributed by atoms with van der Waals surface area (Å²) in [6, 6.07) is 10.4. The van der Waals surface area contributed by atoms with Crippen molar-refractivity contribution < 1.29 is 66.9 Å². The minimum atomic E-state index is -5.25. The fourth-order valence-electron chi connectivity index (χ4n) is 6.77. The van der Waals surface area contributed by atoms with E-state index in [0.29, 0.717) is 12.8 Å². The summed E-state index contributed by atoms with van der Waals surface area (Å²) >= 11 is 0. The molecule has 6 rings (SSSR count). The van der Waals surface area contributed by atoms with Crippen LogP contribution in [0.3, 0.4) is 0 Å². The van der Waals surface area contributed by atoms with Gasteiger partial charge in [0.05, 0.1) is 19.5 Å². The highest BCUT2D eigenvalue weighted by atomic mass is 31.2. The van der Waals surface area contributed by atoms with Crippen LogP contribution in [-0.2, 0) is 48.4 Å². The number of imidazole rings is 1. The molecule has 0 aliphatic carbocycles. The number of phosphoric acid groups is 1. The molecule has 2 aliphatic rings. The molecule has 2 saturated heterocycles. The maximum Gasteiger partial charge on any atom is 0.469 e. The Morgan fingerprint density at radius 2 is 1.65 bits per heavy atom. The molecule has 0 bridgehead atoms. The van der Waals surface area contributed by atoms with E-state index < -0.39 is 95.5 Å². The summed E-state index contributed by atoms with van der Waals surface area (Å²) in [5.41, 5.74) is 9.57. The standard InChI is InChI=1S/C34H43N9O15P2/c1-2-3-9-23(44)41(12-10-19-7-5-4-6-8-19)14-24(45)58-28-20(56-32(26(28)46)43-18-39-25-30(36)37-17-38-31(25)43)15-54-59(49,50)29-21(16-55-60(51,52)53)57-33(27(29)47)42-13-11-22(35)40-34(42)48/h2,4-8,11,13,17-18,20-21,26-29,32-33,46-47H,1,3,9-10,12,14-16H2,(H,49,50)(H2,35,40,48)(H2,36,37,38)(H2,51,52,53)/t20-,21?,26-,27-,28-,29-,32-,33-/m1/s1. The third-order valence-electron chi connectivity index (χ3n) is 9.66. The first kappa shape index (κ1) is 44.6. The Kier molecular flexibility index (Phi) is 13.9. The first-order chi connectivity index (χ1) is 28.5. The number of esters is 1. The van der Waals surface area contributed by atoms with Crippen LogP contribution in [0.15, 0.2) is 72.7 Å². The van der Waals surface area contributed by atoms with Crippen LogP contribution in [0.25, 0.3) is 11.2 Å². The van der Waals surface area contributed by atoms with E-state index in [1.807, 2.05) is 30.3 Å². The van der Waals surface area contributed by atoms with Gasteiger partial charge >= 0.3 is 27.1 Å². The fourth-order valence-corrected chi connectivity index (χ4v) is 8.75. The predicted octanol–water partition coefficient (Wildman–Crippen LogP) is -0.607. The second-order valence-electron chi connectivity index (χ2n) is 13.7. The molecule has 5 heterocycles. The van der Waals surface area contributed by atoms with Crippen LogP contribution in [0.4, 0.5) is 11.6 Å². The number of aliphatic hydroxyl groups excluding tert-OH is 2. The fraction of sp³-hybridized carbons (Fsp3) is 0.441. The number of benzene rings is 1. The summed E-state index contributed by atoms with van der Waals surface area (Å²) < 4.78 is 55.1. The second-order valence-corrected chi connectivity index (χ2v) is 16.9. The molecule has 0 spiro atoms. The van der Waals surface area contributed by atoms with Crippen LogP contribution < -0.4 is 17.2 Å². The van der Waals surface area contributed by atoms with E-state index in [9.17, 15) is 48.4 Å². The van der Waals surface area contributed by atoms with Gasteiger partial charge in [0.1, 0.15) is 54.3 Å². The van der Waals surface area contributed by atoms with Gasteiger partial charge in [-0.25, -0.2) is 24.3 Å². The normalized spacial score (nSPS) is 25.2. The van der Waals surface area contributed by atoms with Crippen LogP contribution in [0.1, 0.15) is 30.9 Å². The van der Waals surface area contributed by atoms with Gasteiger partial charge < -0.3 is 60.0 Å². The lowest BCUT2D eigenvalue weighted by molar-refractivity contribution is -0.160. The van der Waals surface area contributed by atoms with Crippen molar-refractivity contribution in [1.82, 2.24) is 34.0 Å². The van der Waals surface area contributed by atoms with Crippen LogP contribution in [0, 0.1) is 0 Å². The SMILES string of the molecule is C=CCCC(=O)N(CCc1ccccc1)CC(=O)O[C@H]1[C@@H](O)[C@H](n2cnc3c(N)ncnc32)O[C@@H]1COP(=O)(O)[C@@H]1C(COP(=O)(O)O)O[C@@H](n2ccc(N)nc2=O)[C@@H]1O. The van der Waals surface area contributed by atoms with Gasteiger partial charge in [-0.1, -0.05) is 36.4 Å². The molecule has 24 nitrogen and oxygen atoms in total. The smallest absolute Gasteiger partial charge is 0.455 e. The molecule has 1 amide bonds. The lowest BCUT2D eigenvalue weighted by Crippen LogP contribution is -2.43. The largest absolute Gasteiger partial charge is 0.469 e. The number of allylic oxidation sites excluding steroid dienone is 1. The summed E-state index contributed by atoms with van der Waals surface area (Å²) in [6.07, 6.45) is -6.19. The van der Waals surface area contributed by atoms with Crippen molar-refractivity contribution in [3.63, 3.8) is 0 Å². The number of carbonyl (C=O) groups excluding carboxylic acids is 2. The number of carbonyl (C=O) groups is 2. The molecule has 3 aromatic heterocycles.